The van der Waals surface area contributed by atoms with Gasteiger partial charge in [-0.2, -0.15) is 0 Å². The highest BCUT2D eigenvalue weighted by Crippen LogP contribution is 2.26. The summed E-state index contributed by atoms with van der Waals surface area (Å²) >= 11 is 3.04. The highest BCUT2D eigenvalue weighted by molar-refractivity contribution is 9.10. The van der Waals surface area contributed by atoms with Crippen LogP contribution in [0.2, 0.25) is 0 Å². The van der Waals surface area contributed by atoms with Crippen molar-refractivity contribution < 1.29 is 19.4 Å². The van der Waals surface area contributed by atoms with Crippen LogP contribution in [0.25, 0.3) is 0 Å². The third-order valence-electron chi connectivity index (χ3n) is 1.69. The fourth-order valence-corrected chi connectivity index (χ4v) is 1.66. The zero-order valence-corrected chi connectivity index (χ0v) is 8.66. The number of aliphatic hydroxyl groups excluding tert-OH is 1. The van der Waals surface area contributed by atoms with E-state index in [0.717, 1.165) is 0 Å². The Morgan fingerprint density at radius 3 is 2.71 bits per heavy atom. The molecule has 2 N–H and O–H groups in total. The molecule has 0 aliphatic rings. The second-order valence-electron chi connectivity index (χ2n) is 2.78. The van der Waals surface area contributed by atoms with E-state index in [0.29, 0.717) is 10.0 Å². The van der Waals surface area contributed by atoms with Crippen molar-refractivity contribution in [3.63, 3.8) is 0 Å². The van der Waals surface area contributed by atoms with Gasteiger partial charge in [-0.05, 0) is 17.7 Å². The molecule has 76 valence electrons. The molecule has 0 aromatic heterocycles. The van der Waals surface area contributed by atoms with Crippen LogP contribution in [-0.4, -0.2) is 16.2 Å². The van der Waals surface area contributed by atoms with Crippen molar-refractivity contribution in [2.75, 3.05) is 0 Å². The van der Waals surface area contributed by atoms with E-state index in [-0.39, 0.29) is 0 Å². The predicted octanol–water partition coefficient (Wildman–Crippen LogP) is 2.10. The number of aliphatic hydroxyl groups is 1. The number of aliphatic carboxylic acids is 1. The van der Waals surface area contributed by atoms with E-state index in [1.165, 1.54) is 18.2 Å². The molecule has 0 saturated heterocycles. The van der Waals surface area contributed by atoms with Crippen LogP contribution < -0.4 is 0 Å². The third-order valence-corrected chi connectivity index (χ3v) is 2.38. The van der Waals surface area contributed by atoms with Crippen LogP contribution in [0.5, 0.6) is 0 Å². The summed E-state index contributed by atoms with van der Waals surface area (Å²) in [7, 11) is 0. The summed E-state index contributed by atoms with van der Waals surface area (Å²) in [5.74, 6) is -1.54. The fraction of sp³-hybridized carbons (Fsp3) is 0.222. The Bertz CT molecular complexity index is 354. The van der Waals surface area contributed by atoms with E-state index < -0.39 is 24.3 Å². The minimum absolute atomic E-state index is 0.367. The molecule has 0 radical (unpaired) electrons. The topological polar surface area (TPSA) is 57.5 Å². The van der Waals surface area contributed by atoms with Gasteiger partial charge in [-0.1, -0.05) is 22.0 Å². The van der Waals surface area contributed by atoms with Gasteiger partial charge in [-0.25, -0.2) is 4.39 Å². The van der Waals surface area contributed by atoms with Gasteiger partial charge in [-0.3, -0.25) is 4.79 Å². The first kappa shape index (κ1) is 11.1. The highest BCUT2D eigenvalue weighted by Gasteiger charge is 2.15. The van der Waals surface area contributed by atoms with Crippen LogP contribution in [-0.2, 0) is 4.79 Å². The van der Waals surface area contributed by atoms with E-state index in [1.54, 1.807) is 0 Å². The quantitative estimate of drug-likeness (QED) is 0.877. The normalized spacial score (nSPS) is 12.5. The Kier molecular flexibility index (Phi) is 3.60. The van der Waals surface area contributed by atoms with Crippen LogP contribution in [0.3, 0.4) is 0 Å². The predicted molar refractivity (Wildman–Crippen MR) is 51.3 cm³/mol. The minimum Gasteiger partial charge on any atom is -0.481 e. The first-order valence-electron chi connectivity index (χ1n) is 3.85. The van der Waals surface area contributed by atoms with Gasteiger partial charge < -0.3 is 10.2 Å². The Balaban J connectivity index is 2.90. The van der Waals surface area contributed by atoms with E-state index in [9.17, 15) is 14.3 Å². The number of benzene rings is 1. The van der Waals surface area contributed by atoms with Gasteiger partial charge in [0.1, 0.15) is 5.82 Å². The summed E-state index contributed by atoms with van der Waals surface area (Å²) in [6.07, 6.45) is -1.52. The van der Waals surface area contributed by atoms with Crippen LogP contribution in [0.4, 0.5) is 4.39 Å². The number of hydrogen-bond acceptors (Lipinski definition) is 2. The average molecular weight is 263 g/mol. The van der Waals surface area contributed by atoms with E-state index in [1.807, 2.05) is 0 Å². The molecular weight excluding hydrogens is 255 g/mol. The number of carboxylic acids is 1. The first-order valence-corrected chi connectivity index (χ1v) is 4.65. The molecule has 0 fully saturated rings. The number of carbonyl (C=O) groups is 1. The largest absolute Gasteiger partial charge is 0.481 e. The molecule has 1 atom stereocenters. The molecular formula is C9H8BrFO3. The lowest BCUT2D eigenvalue weighted by atomic mass is 10.1. The van der Waals surface area contributed by atoms with E-state index in [4.69, 9.17) is 5.11 Å². The summed E-state index contributed by atoms with van der Waals surface area (Å²) < 4.78 is 13.0. The molecule has 3 nitrogen and oxygen atoms in total. The first-order chi connectivity index (χ1) is 6.50. The maximum Gasteiger partial charge on any atom is 0.306 e. The molecule has 1 aromatic rings. The molecule has 0 unspecified atom stereocenters. The van der Waals surface area contributed by atoms with Gasteiger partial charge >= 0.3 is 5.97 Å². The highest BCUT2D eigenvalue weighted by atomic mass is 79.9. The zero-order valence-electron chi connectivity index (χ0n) is 7.08. The van der Waals surface area contributed by atoms with E-state index in [2.05, 4.69) is 15.9 Å². The van der Waals surface area contributed by atoms with Gasteiger partial charge in [0, 0.05) is 4.47 Å². The van der Waals surface area contributed by atoms with E-state index >= 15 is 0 Å². The van der Waals surface area contributed by atoms with Gasteiger partial charge in [0.15, 0.2) is 0 Å². The molecule has 14 heavy (non-hydrogen) atoms. The number of rotatable bonds is 3. The maximum absolute atomic E-state index is 12.6. The molecule has 5 heteroatoms. The van der Waals surface area contributed by atoms with Crippen LogP contribution in [0, 0.1) is 5.82 Å². The monoisotopic (exact) mass is 262 g/mol. The van der Waals surface area contributed by atoms with Crippen LogP contribution >= 0.6 is 15.9 Å². The van der Waals surface area contributed by atoms with Gasteiger partial charge in [-0.15, -0.1) is 0 Å². The Morgan fingerprint density at radius 1 is 1.57 bits per heavy atom. The zero-order chi connectivity index (χ0) is 10.7. The lowest BCUT2D eigenvalue weighted by molar-refractivity contribution is -0.139. The summed E-state index contributed by atoms with van der Waals surface area (Å²) in [5.41, 5.74) is 0.369. The fourth-order valence-electron chi connectivity index (χ4n) is 1.05. The Morgan fingerprint density at radius 2 is 2.21 bits per heavy atom. The molecule has 0 saturated carbocycles. The van der Waals surface area contributed by atoms with Gasteiger partial charge in [0.25, 0.3) is 0 Å². The minimum atomic E-state index is -1.12. The van der Waals surface area contributed by atoms with Crippen molar-refractivity contribution in [2.45, 2.75) is 12.5 Å². The van der Waals surface area contributed by atoms with Crippen molar-refractivity contribution in [1.82, 2.24) is 0 Å². The second kappa shape index (κ2) is 4.52. The Hall–Kier alpha value is -0.940. The molecule has 0 spiro atoms. The number of carboxylic acid groups (broad SMARTS) is 1. The molecule has 0 bridgehead atoms. The Labute approximate surface area is 88.3 Å². The summed E-state index contributed by atoms with van der Waals surface area (Å²) in [6.45, 7) is 0. The lowest BCUT2D eigenvalue weighted by Crippen LogP contribution is -2.06. The standard InChI is InChI=1S/C9H8BrFO3/c10-7-3-5(11)1-2-6(7)8(12)4-9(13)14/h1-3,8,12H,4H2,(H,13,14)/t8-/m0/s1. The summed E-state index contributed by atoms with van der Waals surface area (Å²) in [6, 6.07) is 3.71. The average Bonchev–Trinajstić information content (AvgIpc) is 2.01. The molecule has 0 amide bonds. The van der Waals surface area contributed by atoms with Crippen molar-refractivity contribution in [3.8, 4) is 0 Å². The summed E-state index contributed by atoms with van der Waals surface area (Å²) in [4.78, 5) is 10.3. The lowest BCUT2D eigenvalue weighted by Gasteiger charge is -2.10. The third kappa shape index (κ3) is 2.78. The van der Waals surface area contributed by atoms with Crippen LogP contribution in [0.15, 0.2) is 22.7 Å². The SMILES string of the molecule is O=C(O)C[C@H](O)c1ccc(F)cc1Br. The van der Waals surface area contributed by atoms with Crippen LogP contribution in [0.1, 0.15) is 18.1 Å². The number of halogens is 2. The second-order valence-corrected chi connectivity index (χ2v) is 3.63. The van der Waals surface area contributed by atoms with Gasteiger partial charge in [0.05, 0.1) is 12.5 Å². The molecule has 1 aromatic carbocycles. The number of hydrogen-bond donors (Lipinski definition) is 2. The van der Waals surface area contributed by atoms with Crippen molar-refractivity contribution >= 4 is 21.9 Å². The molecule has 0 aliphatic heterocycles. The van der Waals surface area contributed by atoms with Crippen molar-refractivity contribution in [2.24, 2.45) is 0 Å². The maximum atomic E-state index is 12.6. The van der Waals surface area contributed by atoms with Gasteiger partial charge in [0.2, 0.25) is 0 Å². The molecule has 0 heterocycles. The summed E-state index contributed by atoms with van der Waals surface area (Å²) in [5, 5.41) is 17.9. The molecule has 0 aliphatic carbocycles. The van der Waals surface area contributed by atoms with Crippen molar-refractivity contribution in [3.05, 3.63) is 34.1 Å². The molecule has 1 rings (SSSR count). The van der Waals surface area contributed by atoms with Crippen molar-refractivity contribution in [1.29, 1.82) is 0 Å². The smallest absolute Gasteiger partial charge is 0.306 e.